The van der Waals surface area contributed by atoms with Gasteiger partial charge in [0.2, 0.25) is 0 Å². The number of carbonyl (C=O) groups excluding carboxylic acids is 1. The molecule has 1 atom stereocenters. The van der Waals surface area contributed by atoms with Crippen LogP contribution in [0.4, 0.5) is 0 Å². The van der Waals surface area contributed by atoms with Crippen molar-refractivity contribution in [1.82, 2.24) is 19.7 Å². The summed E-state index contributed by atoms with van der Waals surface area (Å²) in [6.07, 6.45) is 2.49. The van der Waals surface area contributed by atoms with Gasteiger partial charge in [-0.05, 0) is 17.7 Å². The third-order valence-electron chi connectivity index (χ3n) is 2.95. The number of hydrogen-bond acceptors (Lipinski definition) is 6. The Kier molecular flexibility index (Phi) is 4.45. The maximum atomic E-state index is 12.1. The average Bonchev–Trinajstić information content (AvgIpc) is 3.21. The van der Waals surface area contributed by atoms with E-state index in [0.717, 1.165) is 5.56 Å². The van der Waals surface area contributed by atoms with Gasteiger partial charge in [-0.15, -0.1) is 11.3 Å². The number of halogens is 1. The van der Waals surface area contributed by atoms with Crippen LogP contribution in [0.25, 0.3) is 0 Å². The van der Waals surface area contributed by atoms with Gasteiger partial charge in [0.05, 0.1) is 12.1 Å². The van der Waals surface area contributed by atoms with Crippen LogP contribution in [0, 0.1) is 0 Å². The molecule has 1 aromatic carbocycles. The third-order valence-corrected chi connectivity index (χ3v) is 3.79. The number of hydrogen-bond donors (Lipinski definition) is 0. The molecule has 0 fully saturated rings. The van der Waals surface area contributed by atoms with Gasteiger partial charge in [-0.1, -0.05) is 23.7 Å². The van der Waals surface area contributed by atoms with E-state index in [2.05, 4.69) is 15.1 Å². The van der Waals surface area contributed by atoms with E-state index in [0.29, 0.717) is 17.3 Å². The fourth-order valence-electron chi connectivity index (χ4n) is 1.89. The molecule has 0 aliphatic carbocycles. The van der Waals surface area contributed by atoms with Gasteiger partial charge in [-0.3, -0.25) is 0 Å². The highest BCUT2D eigenvalue weighted by molar-refractivity contribution is 7.07. The Balaban J connectivity index is 1.82. The first-order valence-electron chi connectivity index (χ1n) is 6.39. The molecule has 112 valence electrons. The molecule has 0 aliphatic rings. The van der Waals surface area contributed by atoms with Gasteiger partial charge in [-0.2, -0.15) is 5.10 Å². The molecule has 3 rings (SSSR count). The van der Waals surface area contributed by atoms with Crippen LogP contribution in [0.1, 0.15) is 22.2 Å². The lowest BCUT2D eigenvalue weighted by atomic mass is 10.1. The molecule has 0 bridgehead atoms. The molecule has 2 aromatic heterocycles. The Morgan fingerprint density at radius 3 is 2.82 bits per heavy atom. The molecule has 0 aliphatic heterocycles. The van der Waals surface area contributed by atoms with Crippen LogP contribution in [0.15, 0.2) is 47.8 Å². The molecular formula is C14H11ClN4O2S. The minimum absolute atomic E-state index is 0.294. The summed E-state index contributed by atoms with van der Waals surface area (Å²) < 4.78 is 7.17. The number of thiazole rings is 1. The van der Waals surface area contributed by atoms with Gasteiger partial charge in [0.1, 0.15) is 18.8 Å². The molecule has 3 aromatic rings. The molecule has 0 amide bonds. The Hall–Kier alpha value is -2.25. The van der Waals surface area contributed by atoms with Gasteiger partial charge in [0.15, 0.2) is 5.69 Å². The molecule has 8 heteroatoms. The van der Waals surface area contributed by atoms with Crippen molar-refractivity contribution in [2.75, 3.05) is 0 Å². The van der Waals surface area contributed by atoms with Crippen LogP contribution < -0.4 is 0 Å². The van der Waals surface area contributed by atoms with Crippen molar-refractivity contribution in [3.63, 3.8) is 0 Å². The van der Waals surface area contributed by atoms with Crippen molar-refractivity contribution in [2.24, 2.45) is 0 Å². The van der Waals surface area contributed by atoms with Gasteiger partial charge < -0.3 is 4.74 Å². The molecule has 0 spiro atoms. The topological polar surface area (TPSA) is 69.9 Å². The zero-order valence-corrected chi connectivity index (χ0v) is 12.9. The molecular weight excluding hydrogens is 324 g/mol. The second-order valence-corrected chi connectivity index (χ2v) is 5.59. The van der Waals surface area contributed by atoms with Crippen molar-refractivity contribution >= 4 is 28.9 Å². The SMILES string of the molecule is O=C(O[C@H](Cn1cncn1)c1ccc(Cl)cc1)c1cscn1. The van der Waals surface area contributed by atoms with Crippen LogP contribution in [0.3, 0.4) is 0 Å². The molecule has 22 heavy (non-hydrogen) atoms. The molecule has 0 N–H and O–H groups in total. The second kappa shape index (κ2) is 6.67. The number of benzene rings is 1. The van der Waals surface area contributed by atoms with E-state index in [1.54, 1.807) is 34.0 Å². The van der Waals surface area contributed by atoms with E-state index in [-0.39, 0.29) is 0 Å². The van der Waals surface area contributed by atoms with Crippen LogP contribution >= 0.6 is 22.9 Å². The quantitative estimate of drug-likeness (QED) is 0.671. The molecule has 6 nitrogen and oxygen atoms in total. The summed E-state index contributed by atoms with van der Waals surface area (Å²) in [5.41, 5.74) is 2.71. The number of carbonyl (C=O) groups is 1. The first-order valence-corrected chi connectivity index (χ1v) is 7.71. The zero-order valence-electron chi connectivity index (χ0n) is 11.3. The van der Waals surface area contributed by atoms with E-state index in [9.17, 15) is 4.79 Å². The van der Waals surface area contributed by atoms with Crippen LogP contribution in [0.2, 0.25) is 5.02 Å². The summed E-state index contributed by atoms with van der Waals surface area (Å²) >= 11 is 7.24. The normalized spacial score (nSPS) is 12.0. The summed E-state index contributed by atoms with van der Waals surface area (Å²) in [4.78, 5) is 20.0. The van der Waals surface area contributed by atoms with Crippen molar-refractivity contribution < 1.29 is 9.53 Å². The highest BCUT2D eigenvalue weighted by Crippen LogP contribution is 2.23. The average molecular weight is 335 g/mol. The number of rotatable bonds is 5. The van der Waals surface area contributed by atoms with E-state index >= 15 is 0 Å². The monoisotopic (exact) mass is 334 g/mol. The summed E-state index contributed by atoms with van der Waals surface area (Å²) in [6, 6.07) is 7.14. The predicted molar refractivity (Wildman–Crippen MR) is 81.7 cm³/mol. The fraction of sp³-hybridized carbons (Fsp3) is 0.143. The molecule has 2 heterocycles. The highest BCUT2D eigenvalue weighted by Gasteiger charge is 2.20. The van der Waals surface area contributed by atoms with E-state index in [4.69, 9.17) is 16.3 Å². The third kappa shape index (κ3) is 3.49. The Labute approximate surface area is 135 Å². The first-order chi connectivity index (χ1) is 10.7. The highest BCUT2D eigenvalue weighted by atomic mass is 35.5. The van der Waals surface area contributed by atoms with Gasteiger partial charge in [-0.25, -0.2) is 19.4 Å². The van der Waals surface area contributed by atoms with E-state index < -0.39 is 12.1 Å². The summed E-state index contributed by atoms with van der Waals surface area (Å²) in [5, 5.41) is 6.31. The Morgan fingerprint density at radius 2 is 2.18 bits per heavy atom. The zero-order chi connectivity index (χ0) is 15.4. The minimum atomic E-state index is -0.506. The Bertz CT molecular complexity index is 729. The largest absolute Gasteiger partial charge is 0.451 e. The smallest absolute Gasteiger partial charge is 0.358 e. The van der Waals surface area contributed by atoms with Crippen molar-refractivity contribution in [3.8, 4) is 0 Å². The first kappa shape index (κ1) is 14.7. The molecule has 0 radical (unpaired) electrons. The number of aromatic nitrogens is 4. The molecule has 0 saturated carbocycles. The van der Waals surface area contributed by atoms with Crippen molar-refractivity contribution in [3.05, 3.63) is 64.1 Å². The number of esters is 1. The summed E-state index contributed by atoms with van der Waals surface area (Å²) in [7, 11) is 0. The lowest BCUT2D eigenvalue weighted by molar-refractivity contribution is 0.0240. The van der Waals surface area contributed by atoms with Gasteiger partial charge in [0.25, 0.3) is 0 Å². The van der Waals surface area contributed by atoms with Crippen molar-refractivity contribution in [1.29, 1.82) is 0 Å². The van der Waals surface area contributed by atoms with E-state index in [1.165, 1.54) is 17.7 Å². The van der Waals surface area contributed by atoms with Crippen LogP contribution in [-0.2, 0) is 11.3 Å². The van der Waals surface area contributed by atoms with E-state index in [1.807, 2.05) is 12.1 Å². The van der Waals surface area contributed by atoms with Crippen molar-refractivity contribution in [2.45, 2.75) is 12.6 Å². The van der Waals surface area contributed by atoms with Gasteiger partial charge in [0, 0.05) is 10.4 Å². The minimum Gasteiger partial charge on any atom is -0.451 e. The number of nitrogens with zero attached hydrogens (tertiary/aromatic N) is 4. The second-order valence-electron chi connectivity index (χ2n) is 4.44. The van der Waals surface area contributed by atoms with Gasteiger partial charge >= 0.3 is 5.97 Å². The predicted octanol–water partition coefficient (Wildman–Crippen LogP) is 2.99. The number of ether oxygens (including phenoxy) is 1. The molecule has 0 saturated heterocycles. The maximum absolute atomic E-state index is 12.1. The maximum Gasteiger partial charge on any atom is 0.358 e. The molecule has 0 unspecified atom stereocenters. The standard InChI is InChI=1S/C14H11ClN4O2S/c15-11-3-1-10(2-4-11)13(5-19-8-16-7-18-19)21-14(20)12-6-22-9-17-12/h1-4,6-9,13H,5H2/t13-/m1/s1. The lowest BCUT2D eigenvalue weighted by Crippen LogP contribution is -2.17. The van der Waals surface area contributed by atoms with Crippen LogP contribution in [-0.4, -0.2) is 25.7 Å². The Morgan fingerprint density at radius 1 is 1.36 bits per heavy atom. The summed E-state index contributed by atoms with van der Waals surface area (Å²) in [5.74, 6) is -0.471. The lowest BCUT2D eigenvalue weighted by Gasteiger charge is -2.17. The fourth-order valence-corrected chi connectivity index (χ4v) is 2.54. The van der Waals surface area contributed by atoms with Crippen LogP contribution in [0.5, 0.6) is 0 Å². The summed E-state index contributed by atoms with van der Waals surface area (Å²) in [6.45, 7) is 0.359.